The third-order valence-corrected chi connectivity index (χ3v) is 2.73. The van der Waals surface area contributed by atoms with Gasteiger partial charge in [-0.05, 0) is 18.6 Å². The van der Waals surface area contributed by atoms with Crippen molar-refractivity contribution >= 4 is 11.6 Å². The van der Waals surface area contributed by atoms with Crippen molar-refractivity contribution in [3.63, 3.8) is 0 Å². The van der Waals surface area contributed by atoms with Crippen LogP contribution in [0.5, 0.6) is 0 Å². The third-order valence-electron chi connectivity index (χ3n) is 2.73. The molecule has 0 atom stereocenters. The minimum Gasteiger partial charge on any atom is -0.370 e. The first-order valence-corrected chi connectivity index (χ1v) is 6.07. The normalized spacial score (nSPS) is 16.2. The molecule has 0 unspecified atom stereocenters. The molecule has 2 heterocycles. The monoisotopic (exact) mass is 220 g/mol. The summed E-state index contributed by atoms with van der Waals surface area (Å²) < 4.78 is 0. The van der Waals surface area contributed by atoms with Gasteiger partial charge < -0.3 is 15.5 Å². The lowest BCUT2D eigenvalue weighted by Crippen LogP contribution is -2.43. The maximum atomic E-state index is 4.62. The van der Waals surface area contributed by atoms with Gasteiger partial charge in [-0.2, -0.15) is 0 Å². The average Bonchev–Trinajstić information content (AvgIpc) is 2.38. The Hall–Kier alpha value is -1.29. The zero-order chi connectivity index (χ0) is 11.2. The van der Waals surface area contributed by atoms with Crippen molar-refractivity contribution in [2.45, 2.75) is 13.3 Å². The van der Waals surface area contributed by atoms with E-state index in [1.807, 2.05) is 6.07 Å². The number of hydrogen-bond acceptors (Lipinski definition) is 4. The number of rotatable bonds is 4. The van der Waals surface area contributed by atoms with Gasteiger partial charge in [0.1, 0.15) is 11.6 Å². The standard InChI is InChI=1S/C12H20N4/c1-2-6-14-11-4-3-5-12(15-11)16-9-7-13-8-10-16/h3-5,13H,2,6-10H2,1H3,(H,14,15). The predicted octanol–water partition coefficient (Wildman–Crippen LogP) is 1.31. The first-order valence-electron chi connectivity index (χ1n) is 6.07. The number of anilines is 2. The Kier molecular flexibility index (Phi) is 3.99. The molecule has 16 heavy (non-hydrogen) atoms. The van der Waals surface area contributed by atoms with E-state index < -0.39 is 0 Å². The highest BCUT2D eigenvalue weighted by atomic mass is 15.2. The topological polar surface area (TPSA) is 40.2 Å². The Balaban J connectivity index is 2.02. The Morgan fingerprint density at radius 2 is 2.19 bits per heavy atom. The van der Waals surface area contributed by atoms with Crippen molar-refractivity contribution in [1.29, 1.82) is 0 Å². The van der Waals surface area contributed by atoms with Crippen LogP contribution in [0.2, 0.25) is 0 Å². The van der Waals surface area contributed by atoms with E-state index in [0.29, 0.717) is 0 Å². The molecule has 2 N–H and O–H groups in total. The van der Waals surface area contributed by atoms with Crippen LogP contribution in [-0.4, -0.2) is 37.7 Å². The molecule has 1 fully saturated rings. The number of nitrogens with zero attached hydrogens (tertiary/aromatic N) is 2. The first kappa shape index (κ1) is 11.2. The molecule has 1 aromatic heterocycles. The van der Waals surface area contributed by atoms with Crippen LogP contribution in [0.25, 0.3) is 0 Å². The number of nitrogens with one attached hydrogen (secondary N) is 2. The van der Waals surface area contributed by atoms with Crippen LogP contribution in [0, 0.1) is 0 Å². The van der Waals surface area contributed by atoms with Crippen LogP contribution in [-0.2, 0) is 0 Å². The van der Waals surface area contributed by atoms with Crippen LogP contribution in [0.15, 0.2) is 18.2 Å². The number of aromatic nitrogens is 1. The van der Waals surface area contributed by atoms with Gasteiger partial charge >= 0.3 is 0 Å². The molecular formula is C12H20N4. The number of hydrogen-bond donors (Lipinski definition) is 2. The van der Waals surface area contributed by atoms with Crippen LogP contribution in [0.1, 0.15) is 13.3 Å². The van der Waals surface area contributed by atoms with E-state index in [-0.39, 0.29) is 0 Å². The molecule has 1 aromatic rings. The molecule has 1 aliphatic heterocycles. The third kappa shape index (κ3) is 2.85. The van der Waals surface area contributed by atoms with Crippen molar-refractivity contribution in [3.8, 4) is 0 Å². The summed E-state index contributed by atoms with van der Waals surface area (Å²) in [6, 6.07) is 6.19. The molecule has 88 valence electrons. The fourth-order valence-corrected chi connectivity index (χ4v) is 1.84. The Bertz CT molecular complexity index is 321. The molecule has 0 radical (unpaired) electrons. The van der Waals surface area contributed by atoms with Gasteiger partial charge in [-0.25, -0.2) is 4.98 Å². The van der Waals surface area contributed by atoms with Crippen molar-refractivity contribution in [1.82, 2.24) is 10.3 Å². The number of piperazine rings is 1. The Morgan fingerprint density at radius 3 is 2.94 bits per heavy atom. The van der Waals surface area contributed by atoms with E-state index in [9.17, 15) is 0 Å². The smallest absolute Gasteiger partial charge is 0.131 e. The summed E-state index contributed by atoms with van der Waals surface area (Å²) in [4.78, 5) is 6.95. The SMILES string of the molecule is CCCNc1cccc(N2CCNCC2)n1. The maximum absolute atomic E-state index is 4.62. The summed E-state index contributed by atoms with van der Waals surface area (Å²) in [7, 11) is 0. The highest BCUT2D eigenvalue weighted by Crippen LogP contribution is 2.14. The molecule has 1 saturated heterocycles. The van der Waals surface area contributed by atoms with E-state index in [0.717, 1.165) is 50.8 Å². The summed E-state index contributed by atoms with van der Waals surface area (Å²) in [5.41, 5.74) is 0. The lowest BCUT2D eigenvalue weighted by atomic mass is 10.3. The molecule has 4 nitrogen and oxygen atoms in total. The van der Waals surface area contributed by atoms with Gasteiger partial charge in [0, 0.05) is 32.7 Å². The van der Waals surface area contributed by atoms with Gasteiger partial charge in [0.25, 0.3) is 0 Å². The second kappa shape index (κ2) is 5.70. The zero-order valence-corrected chi connectivity index (χ0v) is 9.87. The molecule has 0 spiro atoms. The fraction of sp³-hybridized carbons (Fsp3) is 0.583. The average molecular weight is 220 g/mol. The second-order valence-electron chi connectivity index (χ2n) is 4.04. The fourth-order valence-electron chi connectivity index (χ4n) is 1.84. The van der Waals surface area contributed by atoms with Gasteiger partial charge in [0.15, 0.2) is 0 Å². The van der Waals surface area contributed by atoms with Crippen molar-refractivity contribution < 1.29 is 0 Å². The van der Waals surface area contributed by atoms with Crippen LogP contribution < -0.4 is 15.5 Å². The quantitative estimate of drug-likeness (QED) is 0.802. The molecule has 0 bridgehead atoms. The van der Waals surface area contributed by atoms with Crippen molar-refractivity contribution in [2.75, 3.05) is 42.9 Å². The first-order chi connectivity index (χ1) is 7.90. The molecular weight excluding hydrogens is 200 g/mol. The van der Waals surface area contributed by atoms with Crippen LogP contribution >= 0.6 is 0 Å². The predicted molar refractivity (Wildman–Crippen MR) is 68.1 cm³/mol. The molecule has 0 aliphatic carbocycles. The molecule has 0 saturated carbocycles. The van der Waals surface area contributed by atoms with E-state index >= 15 is 0 Å². The van der Waals surface area contributed by atoms with E-state index in [1.165, 1.54) is 0 Å². The molecule has 4 heteroatoms. The van der Waals surface area contributed by atoms with Gasteiger partial charge in [-0.1, -0.05) is 13.0 Å². The summed E-state index contributed by atoms with van der Waals surface area (Å²) in [5.74, 6) is 2.07. The molecule has 0 amide bonds. The molecule has 2 rings (SSSR count). The maximum Gasteiger partial charge on any atom is 0.131 e. The lowest BCUT2D eigenvalue weighted by Gasteiger charge is -2.28. The summed E-state index contributed by atoms with van der Waals surface area (Å²) in [5, 5.41) is 6.67. The van der Waals surface area contributed by atoms with Gasteiger partial charge in [0.05, 0.1) is 0 Å². The van der Waals surface area contributed by atoms with E-state index in [1.54, 1.807) is 0 Å². The summed E-state index contributed by atoms with van der Waals surface area (Å²) in [6.07, 6.45) is 1.12. The van der Waals surface area contributed by atoms with Gasteiger partial charge in [-0.15, -0.1) is 0 Å². The summed E-state index contributed by atoms with van der Waals surface area (Å²) in [6.45, 7) is 7.34. The Labute approximate surface area is 97.1 Å². The highest BCUT2D eigenvalue weighted by molar-refractivity contribution is 5.47. The van der Waals surface area contributed by atoms with Crippen LogP contribution in [0.3, 0.4) is 0 Å². The highest BCUT2D eigenvalue weighted by Gasteiger charge is 2.11. The minimum atomic E-state index is 0.984. The zero-order valence-electron chi connectivity index (χ0n) is 9.87. The molecule has 1 aliphatic rings. The van der Waals surface area contributed by atoms with Gasteiger partial charge in [0.2, 0.25) is 0 Å². The van der Waals surface area contributed by atoms with Crippen LogP contribution in [0.4, 0.5) is 11.6 Å². The second-order valence-corrected chi connectivity index (χ2v) is 4.04. The van der Waals surface area contributed by atoms with Crippen molar-refractivity contribution in [2.24, 2.45) is 0 Å². The van der Waals surface area contributed by atoms with Gasteiger partial charge in [-0.3, -0.25) is 0 Å². The largest absolute Gasteiger partial charge is 0.370 e. The lowest BCUT2D eigenvalue weighted by molar-refractivity contribution is 0.585. The molecule has 0 aromatic carbocycles. The van der Waals surface area contributed by atoms with Crippen molar-refractivity contribution in [3.05, 3.63) is 18.2 Å². The number of pyridine rings is 1. The van der Waals surface area contributed by atoms with E-state index in [4.69, 9.17) is 0 Å². The van der Waals surface area contributed by atoms with E-state index in [2.05, 4.69) is 39.6 Å². The Morgan fingerprint density at radius 1 is 1.38 bits per heavy atom. The minimum absolute atomic E-state index is 0.984. The summed E-state index contributed by atoms with van der Waals surface area (Å²) >= 11 is 0.